The van der Waals surface area contributed by atoms with Gasteiger partial charge in [0.2, 0.25) is 15.9 Å². The molecule has 0 fully saturated rings. The Hall–Kier alpha value is -2.54. The van der Waals surface area contributed by atoms with Crippen molar-refractivity contribution < 1.29 is 17.9 Å². The first-order valence-electron chi connectivity index (χ1n) is 8.64. The van der Waals surface area contributed by atoms with Gasteiger partial charge in [-0.3, -0.25) is 9.10 Å². The monoisotopic (exact) mass is 390 g/mol. The molecule has 2 aromatic carbocycles. The predicted molar refractivity (Wildman–Crippen MR) is 108 cm³/mol. The summed E-state index contributed by atoms with van der Waals surface area (Å²) in [4.78, 5) is 12.2. The quantitative estimate of drug-likeness (QED) is 0.752. The van der Waals surface area contributed by atoms with Gasteiger partial charge >= 0.3 is 0 Å². The number of anilines is 1. The Morgan fingerprint density at radius 2 is 1.67 bits per heavy atom. The zero-order valence-corrected chi connectivity index (χ0v) is 17.0. The number of hydrogen-bond acceptors (Lipinski definition) is 4. The molecule has 7 heteroatoms. The number of carbonyl (C=O) groups excluding carboxylic acids is 1. The zero-order chi connectivity index (χ0) is 20.0. The van der Waals surface area contributed by atoms with E-state index in [1.807, 2.05) is 56.3 Å². The third kappa shape index (κ3) is 6.29. The van der Waals surface area contributed by atoms with Gasteiger partial charge in [-0.1, -0.05) is 18.2 Å². The minimum Gasteiger partial charge on any atom is -0.497 e. The second-order valence-corrected chi connectivity index (χ2v) is 8.46. The summed E-state index contributed by atoms with van der Waals surface area (Å²) in [5.41, 5.74) is 3.47. The summed E-state index contributed by atoms with van der Waals surface area (Å²) in [7, 11) is -1.89. The smallest absolute Gasteiger partial charge is 0.232 e. The molecule has 1 amide bonds. The van der Waals surface area contributed by atoms with Crippen LogP contribution in [0.2, 0.25) is 0 Å². The molecule has 0 spiro atoms. The highest BCUT2D eigenvalue weighted by Gasteiger charge is 2.19. The summed E-state index contributed by atoms with van der Waals surface area (Å²) < 4.78 is 30.8. The first-order valence-corrected chi connectivity index (χ1v) is 10.5. The number of hydrogen-bond donors (Lipinski definition) is 1. The van der Waals surface area contributed by atoms with Crippen molar-refractivity contribution in [3.05, 3.63) is 59.2 Å². The van der Waals surface area contributed by atoms with E-state index in [0.29, 0.717) is 12.2 Å². The topological polar surface area (TPSA) is 75.7 Å². The molecule has 0 unspecified atom stereocenters. The molecule has 0 radical (unpaired) electrons. The molecule has 0 heterocycles. The lowest BCUT2D eigenvalue weighted by molar-refractivity contribution is -0.121. The number of rotatable bonds is 8. The summed E-state index contributed by atoms with van der Waals surface area (Å²) in [6.45, 7) is 4.30. The molecule has 0 saturated heterocycles. The highest BCUT2D eigenvalue weighted by Crippen LogP contribution is 2.21. The van der Waals surface area contributed by atoms with Crippen molar-refractivity contribution in [3.63, 3.8) is 0 Å². The van der Waals surface area contributed by atoms with Crippen LogP contribution in [0.1, 0.15) is 23.1 Å². The highest BCUT2D eigenvalue weighted by atomic mass is 32.2. The molecule has 0 saturated carbocycles. The number of benzene rings is 2. The molecule has 0 aromatic heterocycles. The molecule has 27 heavy (non-hydrogen) atoms. The molecule has 0 bridgehead atoms. The molecule has 6 nitrogen and oxygen atoms in total. The second-order valence-electron chi connectivity index (χ2n) is 6.56. The number of nitrogens with zero attached hydrogens (tertiary/aromatic N) is 1. The van der Waals surface area contributed by atoms with Gasteiger partial charge in [0.05, 0.1) is 19.1 Å². The minimum atomic E-state index is -3.48. The normalized spacial score (nSPS) is 11.1. The van der Waals surface area contributed by atoms with E-state index in [0.717, 1.165) is 28.7 Å². The van der Waals surface area contributed by atoms with Crippen LogP contribution in [0.25, 0.3) is 0 Å². The molecule has 1 N–H and O–H groups in total. The average Bonchev–Trinajstić information content (AvgIpc) is 2.58. The standard InChI is InChI=1S/C20H26N2O4S/c1-15-11-16(2)13-18(12-15)22(27(4,24)25)10-9-20(23)21-14-17-5-7-19(26-3)8-6-17/h5-8,11-13H,9-10,14H2,1-4H3,(H,21,23). The lowest BCUT2D eigenvalue weighted by Crippen LogP contribution is -2.34. The summed E-state index contributed by atoms with van der Waals surface area (Å²) in [6.07, 6.45) is 1.23. The van der Waals surface area contributed by atoms with Gasteiger partial charge in [-0.05, 0) is 54.8 Å². The van der Waals surface area contributed by atoms with E-state index in [9.17, 15) is 13.2 Å². The van der Waals surface area contributed by atoms with Gasteiger partial charge in [0.1, 0.15) is 5.75 Å². The van der Waals surface area contributed by atoms with Crippen LogP contribution in [-0.2, 0) is 21.4 Å². The largest absolute Gasteiger partial charge is 0.497 e. The van der Waals surface area contributed by atoms with Gasteiger partial charge in [0.25, 0.3) is 0 Å². The van der Waals surface area contributed by atoms with Crippen molar-refractivity contribution in [1.29, 1.82) is 0 Å². The Labute approximate surface area is 161 Å². The van der Waals surface area contributed by atoms with Crippen molar-refractivity contribution in [2.45, 2.75) is 26.8 Å². The second kappa shape index (κ2) is 8.90. The Kier molecular flexibility index (Phi) is 6.85. The zero-order valence-electron chi connectivity index (χ0n) is 16.2. The van der Waals surface area contributed by atoms with Crippen molar-refractivity contribution in [2.24, 2.45) is 0 Å². The maximum absolute atomic E-state index is 12.2. The Balaban J connectivity index is 1.98. The van der Waals surface area contributed by atoms with E-state index < -0.39 is 10.0 Å². The molecule has 146 valence electrons. The molecule has 0 aliphatic heterocycles. The van der Waals surface area contributed by atoms with Gasteiger partial charge in [0.15, 0.2) is 0 Å². The number of amides is 1. The lowest BCUT2D eigenvalue weighted by atomic mass is 10.1. The van der Waals surface area contributed by atoms with Crippen molar-refractivity contribution in [3.8, 4) is 5.75 Å². The average molecular weight is 391 g/mol. The van der Waals surface area contributed by atoms with E-state index in [1.165, 1.54) is 4.31 Å². The first kappa shape index (κ1) is 20.8. The van der Waals surface area contributed by atoms with Crippen LogP contribution in [0.3, 0.4) is 0 Å². The van der Waals surface area contributed by atoms with Crippen LogP contribution < -0.4 is 14.4 Å². The lowest BCUT2D eigenvalue weighted by Gasteiger charge is -2.23. The third-order valence-corrected chi connectivity index (χ3v) is 5.28. The van der Waals surface area contributed by atoms with Gasteiger partial charge in [-0.2, -0.15) is 0 Å². The summed E-state index contributed by atoms with van der Waals surface area (Å²) in [5, 5.41) is 2.82. The number of sulfonamides is 1. The van der Waals surface area contributed by atoms with E-state index in [4.69, 9.17) is 4.74 Å². The Morgan fingerprint density at radius 3 is 2.19 bits per heavy atom. The van der Waals surface area contributed by atoms with Crippen molar-refractivity contribution in [2.75, 3.05) is 24.2 Å². The van der Waals surface area contributed by atoms with Gasteiger partial charge in [-0.15, -0.1) is 0 Å². The van der Waals surface area contributed by atoms with Crippen LogP contribution >= 0.6 is 0 Å². The molecule has 2 aromatic rings. The van der Waals surface area contributed by atoms with Crippen LogP contribution in [0.4, 0.5) is 5.69 Å². The van der Waals surface area contributed by atoms with Crippen LogP contribution in [0, 0.1) is 13.8 Å². The van der Waals surface area contributed by atoms with Gasteiger partial charge in [-0.25, -0.2) is 8.42 Å². The van der Waals surface area contributed by atoms with E-state index in [2.05, 4.69) is 5.32 Å². The summed E-state index contributed by atoms with van der Waals surface area (Å²) in [5.74, 6) is 0.547. The van der Waals surface area contributed by atoms with Gasteiger partial charge < -0.3 is 10.1 Å². The van der Waals surface area contributed by atoms with Crippen LogP contribution in [-0.4, -0.2) is 34.2 Å². The summed E-state index contributed by atoms with van der Waals surface area (Å²) >= 11 is 0. The minimum absolute atomic E-state index is 0.0796. The number of ether oxygens (including phenoxy) is 1. The molecule has 0 aliphatic rings. The molecular formula is C20H26N2O4S. The number of carbonyl (C=O) groups is 1. The van der Waals surface area contributed by atoms with E-state index >= 15 is 0 Å². The highest BCUT2D eigenvalue weighted by molar-refractivity contribution is 7.92. The molecule has 0 atom stereocenters. The van der Waals surface area contributed by atoms with E-state index in [-0.39, 0.29) is 18.9 Å². The van der Waals surface area contributed by atoms with Crippen molar-refractivity contribution >= 4 is 21.6 Å². The summed E-state index contributed by atoms with van der Waals surface area (Å²) in [6, 6.07) is 13.0. The number of methoxy groups -OCH3 is 1. The van der Waals surface area contributed by atoms with Crippen LogP contribution in [0.5, 0.6) is 5.75 Å². The fraction of sp³-hybridized carbons (Fsp3) is 0.350. The molecular weight excluding hydrogens is 364 g/mol. The molecule has 2 rings (SSSR count). The van der Waals surface area contributed by atoms with Crippen LogP contribution in [0.15, 0.2) is 42.5 Å². The third-order valence-electron chi connectivity index (χ3n) is 4.09. The van der Waals surface area contributed by atoms with E-state index in [1.54, 1.807) is 7.11 Å². The number of aryl methyl sites for hydroxylation is 2. The fourth-order valence-electron chi connectivity index (χ4n) is 2.82. The number of nitrogens with one attached hydrogen (secondary N) is 1. The maximum atomic E-state index is 12.2. The first-order chi connectivity index (χ1) is 12.7. The Morgan fingerprint density at radius 1 is 1.07 bits per heavy atom. The fourth-order valence-corrected chi connectivity index (χ4v) is 3.73. The maximum Gasteiger partial charge on any atom is 0.232 e. The SMILES string of the molecule is COc1ccc(CNC(=O)CCN(c2cc(C)cc(C)c2)S(C)(=O)=O)cc1. The van der Waals surface area contributed by atoms with Crippen molar-refractivity contribution in [1.82, 2.24) is 5.32 Å². The predicted octanol–water partition coefficient (Wildman–Crippen LogP) is 2.78. The Bertz CT molecular complexity index is 872. The van der Waals surface area contributed by atoms with Gasteiger partial charge in [0, 0.05) is 19.5 Å². The molecule has 0 aliphatic carbocycles.